The predicted molar refractivity (Wildman–Crippen MR) is 66.7 cm³/mol. The van der Waals surface area contributed by atoms with Gasteiger partial charge in [0.05, 0.1) is 16.3 Å². The lowest BCUT2D eigenvalue weighted by Crippen LogP contribution is -2.32. The fourth-order valence-corrected chi connectivity index (χ4v) is 2.22. The molecular formula is C12H13ClN2O2. The monoisotopic (exact) mass is 252 g/mol. The average molecular weight is 253 g/mol. The van der Waals surface area contributed by atoms with Crippen LogP contribution in [0.2, 0.25) is 5.02 Å². The summed E-state index contributed by atoms with van der Waals surface area (Å²) in [4.78, 5) is 25.0. The number of carbonyl (C=O) groups excluding carboxylic acids is 2. The lowest BCUT2D eigenvalue weighted by Gasteiger charge is -2.17. The zero-order valence-electron chi connectivity index (χ0n) is 9.50. The van der Waals surface area contributed by atoms with E-state index in [-0.39, 0.29) is 0 Å². The highest BCUT2D eigenvalue weighted by molar-refractivity contribution is 6.54. The van der Waals surface area contributed by atoms with Gasteiger partial charge in [-0.1, -0.05) is 17.7 Å². The molecule has 1 heterocycles. The summed E-state index contributed by atoms with van der Waals surface area (Å²) in [5, 5.41) is 3.45. The molecule has 1 amide bonds. The molecule has 1 aromatic rings. The maximum Gasteiger partial charge on any atom is 0.299 e. The van der Waals surface area contributed by atoms with E-state index in [4.69, 9.17) is 11.6 Å². The van der Waals surface area contributed by atoms with E-state index in [9.17, 15) is 9.59 Å². The third kappa shape index (κ3) is 2.06. The van der Waals surface area contributed by atoms with Crippen LogP contribution in [0.3, 0.4) is 0 Å². The second-order valence-corrected chi connectivity index (χ2v) is 4.29. The molecule has 1 N–H and O–H groups in total. The minimum absolute atomic E-state index is 0.409. The molecule has 0 aromatic heterocycles. The maximum atomic E-state index is 11.8. The Kier molecular flexibility index (Phi) is 3.45. The Balaban J connectivity index is 2.30. The van der Waals surface area contributed by atoms with Gasteiger partial charge in [0.1, 0.15) is 0 Å². The van der Waals surface area contributed by atoms with E-state index in [0.717, 1.165) is 13.0 Å². The number of amides is 1. The molecule has 17 heavy (non-hydrogen) atoms. The van der Waals surface area contributed by atoms with Gasteiger partial charge in [0, 0.05) is 6.54 Å². The van der Waals surface area contributed by atoms with Crippen LogP contribution in [0, 0.1) is 0 Å². The van der Waals surface area contributed by atoms with Crippen molar-refractivity contribution in [3.05, 3.63) is 28.8 Å². The zero-order chi connectivity index (χ0) is 12.4. The van der Waals surface area contributed by atoms with Gasteiger partial charge >= 0.3 is 0 Å². The fraction of sp³-hybridized carbons (Fsp3) is 0.333. The largest absolute Gasteiger partial charge is 0.320 e. The summed E-state index contributed by atoms with van der Waals surface area (Å²) in [6.07, 6.45) is 0.778. The number of nitrogens with zero attached hydrogens (tertiary/aromatic N) is 1. The number of ketones is 1. The van der Waals surface area contributed by atoms with E-state index < -0.39 is 11.7 Å². The third-order valence-electron chi connectivity index (χ3n) is 2.75. The Morgan fingerprint density at radius 1 is 1.35 bits per heavy atom. The number of hydrogen-bond donors (Lipinski definition) is 1. The van der Waals surface area contributed by atoms with Gasteiger partial charge in [0.2, 0.25) is 0 Å². The van der Waals surface area contributed by atoms with Gasteiger partial charge < -0.3 is 10.2 Å². The van der Waals surface area contributed by atoms with Crippen molar-refractivity contribution in [3.8, 4) is 0 Å². The first kappa shape index (κ1) is 12.1. The molecule has 1 aromatic carbocycles. The number of benzene rings is 1. The van der Waals surface area contributed by atoms with E-state index in [0.29, 0.717) is 22.8 Å². The molecule has 5 heteroatoms. The molecule has 1 aliphatic rings. The summed E-state index contributed by atoms with van der Waals surface area (Å²) in [5.74, 6) is -0.948. The SMILES string of the molecule is CNCCCN1C(=O)C(=O)c2cccc(Cl)c21. The van der Waals surface area contributed by atoms with Crippen molar-refractivity contribution in [2.75, 3.05) is 25.0 Å². The number of nitrogens with one attached hydrogen (secondary N) is 1. The van der Waals surface area contributed by atoms with E-state index >= 15 is 0 Å². The molecule has 0 fully saturated rings. The molecule has 0 unspecified atom stereocenters. The van der Waals surface area contributed by atoms with Crippen LogP contribution in [-0.2, 0) is 4.79 Å². The van der Waals surface area contributed by atoms with Crippen LogP contribution in [0.25, 0.3) is 0 Å². The molecule has 1 aliphatic heterocycles. The topological polar surface area (TPSA) is 49.4 Å². The highest BCUT2D eigenvalue weighted by Gasteiger charge is 2.36. The number of anilines is 1. The average Bonchev–Trinajstić information content (AvgIpc) is 2.56. The fourth-order valence-electron chi connectivity index (χ4n) is 1.94. The van der Waals surface area contributed by atoms with Crippen LogP contribution >= 0.6 is 11.6 Å². The molecule has 0 aliphatic carbocycles. The van der Waals surface area contributed by atoms with Crippen molar-refractivity contribution in [1.29, 1.82) is 0 Å². The van der Waals surface area contributed by atoms with Crippen LogP contribution in [0.5, 0.6) is 0 Å². The molecule has 0 atom stereocenters. The Hall–Kier alpha value is -1.39. The van der Waals surface area contributed by atoms with E-state index in [1.54, 1.807) is 18.2 Å². The molecule has 0 spiro atoms. The summed E-state index contributed by atoms with van der Waals surface area (Å²) in [6, 6.07) is 5.01. The normalized spacial score (nSPS) is 14.4. The van der Waals surface area contributed by atoms with Crippen molar-refractivity contribution in [2.45, 2.75) is 6.42 Å². The van der Waals surface area contributed by atoms with Crippen molar-refractivity contribution < 1.29 is 9.59 Å². The lowest BCUT2D eigenvalue weighted by atomic mass is 10.1. The van der Waals surface area contributed by atoms with Gasteiger partial charge in [-0.15, -0.1) is 0 Å². The number of hydrogen-bond acceptors (Lipinski definition) is 3. The summed E-state index contributed by atoms with van der Waals surface area (Å²) in [7, 11) is 1.85. The number of halogens is 1. The molecule has 2 rings (SSSR count). The second-order valence-electron chi connectivity index (χ2n) is 3.88. The number of Topliss-reactive ketones (excluding diaryl/α,β-unsaturated/α-hetero) is 1. The highest BCUT2D eigenvalue weighted by atomic mass is 35.5. The van der Waals surface area contributed by atoms with Gasteiger partial charge in [0.25, 0.3) is 11.7 Å². The highest BCUT2D eigenvalue weighted by Crippen LogP contribution is 2.35. The first-order chi connectivity index (χ1) is 8.16. The quantitative estimate of drug-likeness (QED) is 0.652. The summed E-state index contributed by atoms with van der Waals surface area (Å²) in [5.41, 5.74) is 0.965. The van der Waals surface area contributed by atoms with Gasteiger partial charge in [-0.05, 0) is 32.1 Å². The molecular weight excluding hydrogens is 240 g/mol. The Bertz CT molecular complexity index is 474. The van der Waals surface area contributed by atoms with Crippen molar-refractivity contribution in [3.63, 3.8) is 0 Å². The van der Waals surface area contributed by atoms with Gasteiger partial charge in [0.15, 0.2) is 0 Å². The van der Waals surface area contributed by atoms with Gasteiger partial charge in [-0.3, -0.25) is 9.59 Å². The van der Waals surface area contributed by atoms with Crippen molar-refractivity contribution in [2.24, 2.45) is 0 Å². The molecule has 0 radical (unpaired) electrons. The standard InChI is InChI=1S/C12H13ClN2O2/c1-14-6-3-7-15-10-8(11(16)12(15)17)4-2-5-9(10)13/h2,4-5,14H,3,6-7H2,1H3. The van der Waals surface area contributed by atoms with Gasteiger partial charge in [-0.25, -0.2) is 0 Å². The molecule has 0 saturated heterocycles. The number of para-hydroxylation sites is 1. The molecule has 4 nitrogen and oxygen atoms in total. The Labute approximate surface area is 105 Å². The number of fused-ring (bicyclic) bond motifs is 1. The zero-order valence-corrected chi connectivity index (χ0v) is 10.3. The predicted octanol–water partition coefficient (Wildman–Crippen LogP) is 1.48. The Morgan fingerprint density at radius 3 is 2.82 bits per heavy atom. The maximum absolute atomic E-state index is 11.8. The first-order valence-corrected chi connectivity index (χ1v) is 5.84. The smallest absolute Gasteiger partial charge is 0.299 e. The summed E-state index contributed by atoms with van der Waals surface area (Å²) >= 11 is 6.05. The number of rotatable bonds is 4. The van der Waals surface area contributed by atoms with E-state index in [2.05, 4.69) is 5.32 Å². The van der Waals surface area contributed by atoms with Crippen molar-refractivity contribution >= 4 is 29.0 Å². The Morgan fingerprint density at radius 2 is 2.12 bits per heavy atom. The molecule has 0 bridgehead atoms. The second kappa shape index (κ2) is 4.85. The van der Waals surface area contributed by atoms with Crippen LogP contribution in [0.1, 0.15) is 16.8 Å². The summed E-state index contributed by atoms with van der Waals surface area (Å²) < 4.78 is 0. The van der Waals surface area contributed by atoms with E-state index in [1.807, 2.05) is 7.05 Å². The van der Waals surface area contributed by atoms with E-state index in [1.165, 1.54) is 4.90 Å². The van der Waals surface area contributed by atoms with Crippen LogP contribution in [0.4, 0.5) is 5.69 Å². The first-order valence-electron chi connectivity index (χ1n) is 5.46. The van der Waals surface area contributed by atoms with Crippen LogP contribution < -0.4 is 10.2 Å². The van der Waals surface area contributed by atoms with Crippen LogP contribution in [0.15, 0.2) is 18.2 Å². The molecule has 0 saturated carbocycles. The minimum atomic E-state index is -0.482. The third-order valence-corrected chi connectivity index (χ3v) is 3.05. The van der Waals surface area contributed by atoms with Gasteiger partial charge in [-0.2, -0.15) is 0 Å². The van der Waals surface area contributed by atoms with Crippen molar-refractivity contribution in [1.82, 2.24) is 5.32 Å². The summed E-state index contributed by atoms with van der Waals surface area (Å²) in [6.45, 7) is 1.29. The minimum Gasteiger partial charge on any atom is -0.320 e. The molecule has 90 valence electrons. The lowest BCUT2D eigenvalue weighted by molar-refractivity contribution is -0.114. The van der Waals surface area contributed by atoms with Crippen LogP contribution in [-0.4, -0.2) is 31.8 Å². The number of carbonyl (C=O) groups is 2.